The summed E-state index contributed by atoms with van der Waals surface area (Å²) in [6, 6.07) is 2.04. The van der Waals surface area contributed by atoms with Crippen LogP contribution < -0.4 is 0 Å². The molecule has 0 aromatic heterocycles. The molecule has 0 saturated carbocycles. The maximum atomic E-state index is 8.50. The first kappa shape index (κ1) is 15.6. The minimum atomic E-state index is -1.29. The van der Waals surface area contributed by atoms with Crippen LogP contribution >= 0.6 is 8.38 Å². The number of hydrogen-bond donors (Lipinski definition) is 0. The minimum Gasteiger partial charge on any atom is -0.382 e. The first-order valence-electron chi connectivity index (χ1n) is 8.50. The summed E-state index contributed by atoms with van der Waals surface area (Å²) in [5.41, 5.74) is 0. The molecule has 0 amide bonds. The standard InChI is InChI=1S/C15H28NO4P/c1-11-12(2)14(9-17-4)20-15(13(11)3)10-19-21(5)18-8-6-7-16/h11-15H,6,8-10H2,1-5H3/t11-,12-,13+,14?,15-,21?/m0/s1/i4TD/t4?,11-,12-,13+,14?,15-,21?. The van der Waals surface area contributed by atoms with Crippen molar-refractivity contribution in [1.29, 1.82) is 5.26 Å². The second kappa shape index (κ2) is 9.71. The average Bonchev–Trinajstić information content (AvgIpc) is 2.51. The van der Waals surface area contributed by atoms with Gasteiger partial charge in [0.1, 0.15) is 0 Å². The van der Waals surface area contributed by atoms with Crippen LogP contribution in [0.4, 0.5) is 0 Å². The summed E-state index contributed by atoms with van der Waals surface area (Å²) >= 11 is 0. The lowest BCUT2D eigenvalue weighted by atomic mass is 9.77. The van der Waals surface area contributed by atoms with E-state index in [1.165, 1.54) is 0 Å². The van der Waals surface area contributed by atoms with E-state index in [-0.39, 0.29) is 18.8 Å². The lowest BCUT2D eigenvalue weighted by molar-refractivity contribution is -0.160. The van der Waals surface area contributed by atoms with E-state index in [1.54, 1.807) is 0 Å². The van der Waals surface area contributed by atoms with Gasteiger partial charge in [0.25, 0.3) is 0 Å². The third kappa shape index (κ3) is 5.81. The molecule has 0 spiro atoms. The van der Waals surface area contributed by atoms with Gasteiger partial charge in [-0.3, -0.25) is 0 Å². The Hall–Kier alpha value is -0.240. The molecule has 1 saturated heterocycles. The Morgan fingerprint density at radius 3 is 2.52 bits per heavy atom. The molecule has 1 rings (SSSR count). The Morgan fingerprint density at radius 1 is 1.24 bits per heavy atom. The second-order valence-corrected chi connectivity index (χ2v) is 7.00. The van der Waals surface area contributed by atoms with Crippen molar-refractivity contribution in [2.45, 2.75) is 39.4 Å². The number of ether oxygens (including phenoxy) is 2. The Kier molecular flexibility index (Phi) is 7.24. The van der Waals surface area contributed by atoms with Gasteiger partial charge in [0.2, 0.25) is 0 Å². The molecule has 0 aromatic rings. The van der Waals surface area contributed by atoms with Crippen LogP contribution in [0.25, 0.3) is 0 Å². The zero-order valence-corrected chi connectivity index (χ0v) is 14.2. The van der Waals surface area contributed by atoms with Gasteiger partial charge in [-0.2, -0.15) is 5.26 Å². The molecule has 1 aliphatic heterocycles. The maximum absolute atomic E-state index is 8.50. The highest BCUT2D eigenvalue weighted by molar-refractivity contribution is 7.46. The zero-order valence-electron chi connectivity index (χ0n) is 15.3. The van der Waals surface area contributed by atoms with Crippen molar-refractivity contribution in [2.24, 2.45) is 17.8 Å². The van der Waals surface area contributed by atoms with Gasteiger partial charge in [-0.05, 0) is 17.8 Å². The molecule has 7 atom stereocenters. The minimum absolute atomic E-state index is 0.0609. The van der Waals surface area contributed by atoms with Gasteiger partial charge in [0.15, 0.2) is 8.38 Å². The Labute approximate surface area is 132 Å². The van der Waals surface area contributed by atoms with Crippen LogP contribution in [0.1, 0.15) is 29.9 Å². The molecule has 3 unspecified atom stereocenters. The number of nitrogens with zero attached hydrogens (tertiary/aromatic N) is 1. The lowest BCUT2D eigenvalue weighted by Gasteiger charge is -2.43. The predicted octanol–water partition coefficient (Wildman–Crippen LogP) is 3.20. The summed E-state index contributed by atoms with van der Waals surface area (Å²) in [5, 5.41) is 8.50. The summed E-state index contributed by atoms with van der Waals surface area (Å²) in [6.07, 6.45) is 0.173. The SMILES string of the molecule is [2H]C([3H])OCC1O[C@@H](COP(C)OCCC#N)[C@H](C)[C@@H](C)[C@@H]1C. The van der Waals surface area contributed by atoms with E-state index in [0.717, 1.165) is 0 Å². The summed E-state index contributed by atoms with van der Waals surface area (Å²) in [4.78, 5) is 0. The fourth-order valence-corrected chi connectivity index (χ4v) is 3.32. The van der Waals surface area contributed by atoms with E-state index >= 15 is 0 Å². The number of methoxy groups -OCH3 is 1. The van der Waals surface area contributed by atoms with Crippen LogP contribution in [0.5, 0.6) is 0 Å². The third-order valence-electron chi connectivity index (χ3n) is 4.35. The highest BCUT2D eigenvalue weighted by Gasteiger charge is 2.39. The second-order valence-electron chi connectivity index (χ2n) is 5.60. The highest BCUT2D eigenvalue weighted by Crippen LogP contribution is 2.38. The van der Waals surface area contributed by atoms with E-state index < -0.39 is 15.4 Å². The van der Waals surface area contributed by atoms with Crippen molar-refractivity contribution in [3.05, 3.63) is 0 Å². The zero-order chi connectivity index (χ0) is 17.4. The van der Waals surface area contributed by atoms with Crippen molar-refractivity contribution in [3.63, 3.8) is 0 Å². The monoisotopic (exact) mass is 320 g/mol. The molecule has 5 nitrogen and oxygen atoms in total. The van der Waals surface area contributed by atoms with Crippen LogP contribution in [-0.4, -0.2) is 45.8 Å². The summed E-state index contributed by atoms with van der Waals surface area (Å²) in [5.74, 6) is 1.07. The Bertz CT molecular complexity index is 383. The molecule has 0 bridgehead atoms. The summed E-state index contributed by atoms with van der Waals surface area (Å²) < 4.78 is 36.7. The molecule has 0 aromatic carbocycles. The molecular weight excluding hydrogens is 289 g/mol. The molecule has 0 radical (unpaired) electrons. The molecule has 1 aliphatic rings. The molecule has 0 aliphatic carbocycles. The van der Waals surface area contributed by atoms with E-state index in [9.17, 15) is 0 Å². The topological polar surface area (TPSA) is 60.7 Å². The van der Waals surface area contributed by atoms with Crippen LogP contribution in [0.15, 0.2) is 0 Å². The fourth-order valence-electron chi connectivity index (χ4n) is 2.54. The van der Waals surface area contributed by atoms with Crippen molar-refractivity contribution in [1.82, 2.24) is 0 Å². The number of rotatable bonds is 8. The molecule has 6 heteroatoms. The summed E-state index contributed by atoms with van der Waals surface area (Å²) in [7, 11) is -2.30. The molecule has 0 N–H and O–H groups in total. The van der Waals surface area contributed by atoms with E-state index in [2.05, 4.69) is 20.8 Å². The smallest absolute Gasteiger partial charge is 0.167 e. The van der Waals surface area contributed by atoms with Crippen molar-refractivity contribution >= 4 is 8.38 Å². The molecule has 21 heavy (non-hydrogen) atoms. The van der Waals surface area contributed by atoms with Crippen LogP contribution in [0.2, 0.25) is 0 Å². The molecule has 122 valence electrons. The largest absolute Gasteiger partial charge is 0.382 e. The molecule has 1 heterocycles. The molecule has 1 fully saturated rings. The van der Waals surface area contributed by atoms with E-state index in [1.807, 2.05) is 12.7 Å². The Balaban J connectivity index is 2.47. The lowest BCUT2D eigenvalue weighted by Crippen LogP contribution is -2.48. The van der Waals surface area contributed by atoms with Crippen LogP contribution in [0, 0.1) is 29.1 Å². The van der Waals surface area contributed by atoms with Gasteiger partial charge in [0.05, 0.1) is 47.3 Å². The predicted molar refractivity (Wildman–Crippen MR) is 83.0 cm³/mol. The van der Waals surface area contributed by atoms with E-state index in [4.69, 9.17) is 26.5 Å². The van der Waals surface area contributed by atoms with Gasteiger partial charge in [0, 0.05) is 13.7 Å². The fraction of sp³-hybridized carbons (Fsp3) is 0.933. The van der Waals surface area contributed by atoms with Gasteiger partial charge in [-0.15, -0.1) is 0 Å². The normalized spacial score (nSPS) is 37.2. The van der Waals surface area contributed by atoms with Crippen molar-refractivity contribution in [3.8, 4) is 6.07 Å². The van der Waals surface area contributed by atoms with Gasteiger partial charge in [-0.1, -0.05) is 20.8 Å². The number of hydrogen-bond acceptors (Lipinski definition) is 5. The van der Waals surface area contributed by atoms with Crippen LogP contribution in [-0.2, 0) is 18.5 Å². The highest BCUT2D eigenvalue weighted by atomic mass is 31.2. The van der Waals surface area contributed by atoms with E-state index in [0.29, 0.717) is 37.4 Å². The molecular formula is C15H28NO4P. The first-order chi connectivity index (χ1) is 10.9. The quantitative estimate of drug-likeness (QED) is 0.508. The van der Waals surface area contributed by atoms with Crippen LogP contribution in [0.3, 0.4) is 0 Å². The Morgan fingerprint density at radius 2 is 1.90 bits per heavy atom. The van der Waals surface area contributed by atoms with Crippen molar-refractivity contribution in [2.75, 3.05) is 33.5 Å². The van der Waals surface area contributed by atoms with Gasteiger partial charge in [-0.25, -0.2) is 0 Å². The van der Waals surface area contributed by atoms with Gasteiger partial charge < -0.3 is 18.5 Å². The summed E-state index contributed by atoms with van der Waals surface area (Å²) in [6.45, 7) is 9.41. The number of nitriles is 1. The third-order valence-corrected chi connectivity index (χ3v) is 5.41. The maximum Gasteiger partial charge on any atom is 0.167 e. The first-order valence-corrected chi connectivity index (χ1v) is 8.97. The average molecular weight is 320 g/mol. The van der Waals surface area contributed by atoms with Gasteiger partial charge >= 0.3 is 0 Å². The van der Waals surface area contributed by atoms with Crippen molar-refractivity contribution < 1.29 is 21.3 Å².